The Bertz CT molecular complexity index is 1020. The Morgan fingerprint density at radius 2 is 1.58 bits per heavy atom. The van der Waals surface area contributed by atoms with E-state index in [-0.39, 0.29) is 16.2 Å². The first-order chi connectivity index (χ1) is 11.7. The van der Waals surface area contributed by atoms with Gasteiger partial charge in [0.15, 0.2) is 4.77 Å². The van der Waals surface area contributed by atoms with Crippen molar-refractivity contribution in [1.29, 1.82) is 0 Å². The van der Waals surface area contributed by atoms with Gasteiger partial charge in [-0.1, -0.05) is 60.7 Å². The number of ether oxygens (including phenoxy) is 1. The van der Waals surface area contributed by atoms with Crippen LogP contribution in [0.1, 0.15) is 22.6 Å². The van der Waals surface area contributed by atoms with Crippen molar-refractivity contribution < 1.29 is 4.74 Å². The number of hydrogen-bond donors (Lipinski definition) is 2. The maximum absolute atomic E-state index is 12.5. The van der Waals surface area contributed by atoms with E-state index in [0.29, 0.717) is 17.2 Å². The molecule has 0 saturated heterocycles. The van der Waals surface area contributed by atoms with E-state index >= 15 is 0 Å². The van der Waals surface area contributed by atoms with E-state index in [0.717, 1.165) is 11.1 Å². The van der Waals surface area contributed by atoms with Crippen LogP contribution in [0.4, 0.5) is 0 Å². The molecule has 1 unspecified atom stereocenters. The molecule has 2 heterocycles. The van der Waals surface area contributed by atoms with Gasteiger partial charge in [-0.15, -0.1) is 0 Å². The molecule has 4 nitrogen and oxygen atoms in total. The molecular weight excluding hydrogens is 320 g/mol. The fourth-order valence-electron chi connectivity index (χ4n) is 2.90. The van der Waals surface area contributed by atoms with Crippen molar-refractivity contribution in [3.05, 3.63) is 98.6 Å². The molecule has 0 aliphatic carbocycles. The van der Waals surface area contributed by atoms with Crippen molar-refractivity contribution in [2.24, 2.45) is 0 Å². The van der Waals surface area contributed by atoms with Crippen molar-refractivity contribution in [2.45, 2.75) is 5.92 Å². The zero-order chi connectivity index (χ0) is 16.5. The molecule has 118 valence electrons. The van der Waals surface area contributed by atoms with Crippen molar-refractivity contribution in [2.75, 3.05) is 0 Å². The van der Waals surface area contributed by atoms with Crippen LogP contribution in [0.25, 0.3) is 5.76 Å². The molecule has 1 aliphatic rings. The summed E-state index contributed by atoms with van der Waals surface area (Å²) < 4.78 is 6.20. The Morgan fingerprint density at radius 3 is 2.29 bits per heavy atom. The van der Waals surface area contributed by atoms with Gasteiger partial charge < -0.3 is 9.72 Å². The van der Waals surface area contributed by atoms with Crippen LogP contribution in [0.2, 0.25) is 0 Å². The molecule has 0 bridgehead atoms. The fraction of sp³-hybridized carbons (Fsp3) is 0.0526. The first-order valence-electron chi connectivity index (χ1n) is 7.59. The first kappa shape index (κ1) is 14.7. The van der Waals surface area contributed by atoms with Crippen molar-refractivity contribution in [3.63, 3.8) is 0 Å². The highest BCUT2D eigenvalue weighted by molar-refractivity contribution is 7.71. The minimum Gasteiger partial charge on any atom is -0.440 e. The average molecular weight is 334 g/mol. The van der Waals surface area contributed by atoms with Crippen LogP contribution in [0.5, 0.6) is 5.88 Å². The standard InChI is InChI=1S/C19H14N2O2S/c22-17-16-14(12-7-3-1-4-8-12)11-15(13-9-5-2-6-10-13)23-18(16)21-19(24)20-17/h1-11,14H,(H2,20,21,22,24). The number of aromatic amines is 2. The topological polar surface area (TPSA) is 57.9 Å². The molecule has 4 rings (SSSR count). The van der Waals surface area contributed by atoms with Gasteiger partial charge in [-0.2, -0.15) is 0 Å². The molecule has 0 fully saturated rings. The Balaban J connectivity index is 1.94. The minimum absolute atomic E-state index is 0.208. The van der Waals surface area contributed by atoms with Crippen LogP contribution in [0.3, 0.4) is 0 Å². The third-order valence-electron chi connectivity index (χ3n) is 4.00. The van der Waals surface area contributed by atoms with Crippen LogP contribution in [0, 0.1) is 4.77 Å². The lowest BCUT2D eigenvalue weighted by atomic mass is 9.89. The normalized spacial score (nSPS) is 16.0. The lowest BCUT2D eigenvalue weighted by Gasteiger charge is -2.24. The van der Waals surface area contributed by atoms with E-state index in [2.05, 4.69) is 9.97 Å². The van der Waals surface area contributed by atoms with Gasteiger partial charge in [0.25, 0.3) is 5.56 Å². The molecule has 1 aliphatic heterocycles. The van der Waals surface area contributed by atoms with Gasteiger partial charge in [0.1, 0.15) is 5.76 Å². The summed E-state index contributed by atoms with van der Waals surface area (Å²) in [5.41, 5.74) is 2.27. The Hall–Kier alpha value is -2.92. The number of rotatable bonds is 2. The van der Waals surface area contributed by atoms with Gasteiger partial charge in [-0.3, -0.25) is 9.78 Å². The van der Waals surface area contributed by atoms with Crippen LogP contribution in [-0.2, 0) is 0 Å². The summed E-state index contributed by atoms with van der Waals surface area (Å²) in [7, 11) is 0. The molecule has 0 saturated carbocycles. The maximum atomic E-state index is 12.5. The van der Waals surface area contributed by atoms with Gasteiger partial charge in [0.05, 0.1) is 5.56 Å². The fourth-order valence-corrected chi connectivity index (χ4v) is 3.08. The van der Waals surface area contributed by atoms with Crippen molar-refractivity contribution in [1.82, 2.24) is 9.97 Å². The van der Waals surface area contributed by atoms with Crippen molar-refractivity contribution >= 4 is 18.0 Å². The second-order valence-electron chi connectivity index (χ2n) is 5.54. The van der Waals surface area contributed by atoms with Crippen LogP contribution < -0.4 is 10.3 Å². The SMILES string of the molecule is O=c1[nH]c(=S)[nH]c2c1C(c1ccccc1)C=C(c1ccccc1)O2. The zero-order valence-corrected chi connectivity index (χ0v) is 13.5. The highest BCUT2D eigenvalue weighted by atomic mass is 32.1. The molecule has 0 spiro atoms. The summed E-state index contributed by atoms with van der Waals surface area (Å²) in [5, 5.41) is 0. The molecule has 0 amide bonds. The third-order valence-corrected chi connectivity index (χ3v) is 4.21. The Kier molecular flexibility index (Phi) is 3.63. The van der Waals surface area contributed by atoms with Gasteiger partial charge in [-0.05, 0) is 23.9 Å². The van der Waals surface area contributed by atoms with Gasteiger partial charge >= 0.3 is 0 Å². The van der Waals surface area contributed by atoms with E-state index < -0.39 is 0 Å². The number of nitrogens with one attached hydrogen (secondary N) is 2. The molecule has 5 heteroatoms. The molecule has 3 aromatic rings. The van der Waals surface area contributed by atoms with Crippen LogP contribution in [0.15, 0.2) is 71.5 Å². The predicted molar refractivity (Wildman–Crippen MR) is 95.6 cm³/mol. The highest BCUT2D eigenvalue weighted by Crippen LogP contribution is 2.37. The molecule has 2 N–H and O–H groups in total. The summed E-state index contributed by atoms with van der Waals surface area (Å²) in [6.45, 7) is 0. The lowest BCUT2D eigenvalue weighted by Crippen LogP contribution is -2.23. The second kappa shape index (κ2) is 5.94. The largest absolute Gasteiger partial charge is 0.440 e. The number of allylic oxidation sites excluding steroid dienone is 1. The smallest absolute Gasteiger partial charge is 0.259 e. The van der Waals surface area contributed by atoms with E-state index in [1.807, 2.05) is 66.7 Å². The van der Waals surface area contributed by atoms with Crippen LogP contribution in [-0.4, -0.2) is 9.97 Å². The second-order valence-corrected chi connectivity index (χ2v) is 5.95. The number of hydrogen-bond acceptors (Lipinski definition) is 3. The number of benzene rings is 2. The Morgan fingerprint density at radius 1 is 0.917 bits per heavy atom. The predicted octanol–water partition coefficient (Wildman–Crippen LogP) is 4.00. The summed E-state index contributed by atoms with van der Waals surface area (Å²) >= 11 is 5.09. The number of aromatic nitrogens is 2. The summed E-state index contributed by atoms with van der Waals surface area (Å²) in [4.78, 5) is 18.1. The van der Waals surface area contributed by atoms with E-state index in [1.54, 1.807) is 0 Å². The zero-order valence-electron chi connectivity index (χ0n) is 12.7. The van der Waals surface area contributed by atoms with Gasteiger partial charge in [0.2, 0.25) is 5.88 Å². The first-order valence-corrected chi connectivity index (χ1v) is 8.00. The van der Waals surface area contributed by atoms with Gasteiger partial charge in [0, 0.05) is 11.5 Å². The number of fused-ring (bicyclic) bond motifs is 1. The number of H-pyrrole nitrogens is 2. The van der Waals surface area contributed by atoms with Crippen LogP contribution >= 0.6 is 12.2 Å². The molecule has 24 heavy (non-hydrogen) atoms. The average Bonchev–Trinajstić information content (AvgIpc) is 2.62. The molecule has 0 radical (unpaired) electrons. The van der Waals surface area contributed by atoms with E-state index in [4.69, 9.17) is 17.0 Å². The molecule has 1 atom stereocenters. The highest BCUT2D eigenvalue weighted by Gasteiger charge is 2.27. The quantitative estimate of drug-likeness (QED) is 0.697. The van der Waals surface area contributed by atoms with Gasteiger partial charge in [-0.25, -0.2) is 0 Å². The summed E-state index contributed by atoms with van der Waals surface area (Å²) in [6, 6.07) is 19.7. The third kappa shape index (κ3) is 2.59. The molecular formula is C19H14N2O2S. The maximum Gasteiger partial charge on any atom is 0.259 e. The minimum atomic E-state index is -0.231. The Labute approximate surface area is 143 Å². The summed E-state index contributed by atoms with van der Waals surface area (Å²) in [6.07, 6.45) is 1.97. The monoisotopic (exact) mass is 334 g/mol. The summed E-state index contributed by atoms with van der Waals surface area (Å²) in [5.74, 6) is 0.896. The molecule has 2 aromatic carbocycles. The van der Waals surface area contributed by atoms with E-state index in [9.17, 15) is 4.79 Å². The lowest BCUT2D eigenvalue weighted by molar-refractivity contribution is 0.466. The van der Waals surface area contributed by atoms with Crippen molar-refractivity contribution in [3.8, 4) is 5.88 Å². The van der Waals surface area contributed by atoms with E-state index in [1.165, 1.54) is 0 Å². The molecule has 1 aromatic heterocycles.